The van der Waals surface area contributed by atoms with Crippen molar-refractivity contribution in [2.24, 2.45) is 5.10 Å². The summed E-state index contributed by atoms with van der Waals surface area (Å²) in [6.45, 7) is 0. The lowest BCUT2D eigenvalue weighted by Gasteiger charge is -2.30. The highest BCUT2D eigenvalue weighted by atomic mass is 16.5. The molecule has 0 bridgehead atoms. The number of H-pyrrole nitrogens is 1. The fourth-order valence-corrected chi connectivity index (χ4v) is 4.22. The van der Waals surface area contributed by atoms with Crippen LogP contribution in [0.3, 0.4) is 0 Å². The fraction of sp³-hybridized carbons (Fsp3) is 0.429. The summed E-state index contributed by atoms with van der Waals surface area (Å²) in [5.41, 5.74) is 2.91. The summed E-state index contributed by atoms with van der Waals surface area (Å²) in [6.07, 6.45) is 12.1. The second kappa shape index (κ2) is 8.03. The van der Waals surface area contributed by atoms with Crippen molar-refractivity contribution < 1.29 is 9.84 Å². The average Bonchev–Trinajstić information content (AvgIpc) is 3.44. The molecule has 3 N–H and O–H groups in total. The van der Waals surface area contributed by atoms with Gasteiger partial charge in [0.2, 0.25) is 5.90 Å². The molecule has 1 saturated carbocycles. The molecular formula is C21H26N8O2. The van der Waals surface area contributed by atoms with E-state index in [4.69, 9.17) is 9.84 Å². The van der Waals surface area contributed by atoms with Gasteiger partial charge in [-0.15, -0.1) is 5.10 Å². The van der Waals surface area contributed by atoms with E-state index >= 15 is 0 Å². The largest absolute Gasteiger partial charge is 0.473 e. The number of anilines is 1. The molecule has 0 saturated heterocycles. The molecule has 0 radical (unpaired) electrons. The van der Waals surface area contributed by atoms with Gasteiger partial charge in [0.25, 0.3) is 0 Å². The van der Waals surface area contributed by atoms with Crippen LogP contribution in [0.5, 0.6) is 0 Å². The van der Waals surface area contributed by atoms with E-state index in [-0.39, 0.29) is 12.1 Å². The molecule has 3 aromatic rings. The number of hydrogen-bond acceptors (Lipinski definition) is 8. The third kappa shape index (κ3) is 3.74. The molecule has 1 atom stereocenters. The lowest BCUT2D eigenvalue weighted by molar-refractivity contribution is 0.0532. The Kier molecular flexibility index (Phi) is 5.06. The lowest BCUT2D eigenvalue weighted by Crippen LogP contribution is -2.32. The van der Waals surface area contributed by atoms with Crippen LogP contribution in [-0.2, 0) is 4.74 Å². The Balaban J connectivity index is 1.36. The molecule has 5 rings (SSSR count). The number of fused-ring (bicyclic) bond motifs is 1. The van der Waals surface area contributed by atoms with Gasteiger partial charge in [-0.3, -0.25) is 14.8 Å². The highest BCUT2D eigenvalue weighted by Gasteiger charge is 2.28. The number of hydrogen-bond donors (Lipinski definition) is 3. The van der Waals surface area contributed by atoms with Crippen molar-refractivity contribution in [2.45, 2.75) is 44.1 Å². The fourth-order valence-electron chi connectivity index (χ4n) is 4.22. The van der Waals surface area contributed by atoms with Gasteiger partial charge in [-0.25, -0.2) is 4.98 Å². The van der Waals surface area contributed by atoms with Gasteiger partial charge in [-0.05, 0) is 31.8 Å². The number of aromatic amines is 1. The summed E-state index contributed by atoms with van der Waals surface area (Å²) < 4.78 is 8.21. The number of ether oxygens (including phenoxy) is 1. The maximum Gasteiger partial charge on any atom is 0.230 e. The molecule has 2 aliphatic rings. The van der Waals surface area contributed by atoms with Crippen LogP contribution in [0.15, 0.2) is 41.9 Å². The Morgan fingerprint density at radius 3 is 2.77 bits per heavy atom. The van der Waals surface area contributed by atoms with Gasteiger partial charge in [0.15, 0.2) is 6.23 Å². The van der Waals surface area contributed by atoms with Gasteiger partial charge >= 0.3 is 0 Å². The molecule has 1 fully saturated rings. The highest BCUT2D eigenvalue weighted by Crippen LogP contribution is 2.36. The minimum Gasteiger partial charge on any atom is -0.473 e. The molecule has 0 aromatic carbocycles. The van der Waals surface area contributed by atoms with Crippen LogP contribution in [0.4, 0.5) is 5.82 Å². The number of pyridine rings is 1. The van der Waals surface area contributed by atoms with Crippen molar-refractivity contribution in [3.05, 3.63) is 36.8 Å². The molecule has 10 nitrogen and oxygen atoms in total. The molecule has 162 valence electrons. The van der Waals surface area contributed by atoms with E-state index in [0.717, 1.165) is 53.7 Å². The third-order valence-corrected chi connectivity index (χ3v) is 5.95. The van der Waals surface area contributed by atoms with E-state index in [2.05, 4.69) is 36.3 Å². The van der Waals surface area contributed by atoms with Crippen LogP contribution in [0, 0.1) is 0 Å². The minimum absolute atomic E-state index is 0.105. The van der Waals surface area contributed by atoms with Crippen molar-refractivity contribution in [3.63, 3.8) is 0 Å². The van der Waals surface area contributed by atoms with Gasteiger partial charge in [-0.1, -0.05) is 0 Å². The van der Waals surface area contributed by atoms with Gasteiger partial charge in [0.05, 0.1) is 17.8 Å². The minimum atomic E-state index is -0.697. The third-order valence-electron chi connectivity index (χ3n) is 5.95. The van der Waals surface area contributed by atoms with Gasteiger partial charge < -0.3 is 15.2 Å². The van der Waals surface area contributed by atoms with Crippen molar-refractivity contribution >= 4 is 22.6 Å². The molecule has 1 unspecified atom stereocenters. The van der Waals surface area contributed by atoms with Gasteiger partial charge in [0.1, 0.15) is 17.6 Å². The Hall–Kier alpha value is -3.40. The summed E-state index contributed by atoms with van der Waals surface area (Å²) in [5.74, 6) is 1.37. The topological polar surface area (TPSA) is 116 Å². The predicted octanol–water partition coefficient (Wildman–Crippen LogP) is 2.50. The zero-order valence-electron chi connectivity index (χ0n) is 17.6. The summed E-state index contributed by atoms with van der Waals surface area (Å²) in [4.78, 5) is 4.49. The Bertz CT molecular complexity index is 1110. The van der Waals surface area contributed by atoms with Crippen LogP contribution in [0.25, 0.3) is 22.2 Å². The number of aliphatic hydroxyl groups excluding tert-OH is 1. The molecule has 0 spiro atoms. The van der Waals surface area contributed by atoms with Crippen molar-refractivity contribution in [3.8, 4) is 11.3 Å². The van der Waals surface area contributed by atoms with Gasteiger partial charge in [-0.2, -0.15) is 10.2 Å². The normalized spacial score (nSPS) is 23.8. The lowest BCUT2D eigenvalue weighted by atomic mass is 9.93. The zero-order chi connectivity index (χ0) is 21.4. The van der Waals surface area contributed by atoms with Crippen molar-refractivity contribution in [1.29, 1.82) is 0 Å². The number of aliphatic hydroxyl groups is 1. The maximum atomic E-state index is 9.71. The quantitative estimate of drug-likeness (QED) is 0.591. The van der Waals surface area contributed by atoms with Crippen molar-refractivity contribution in [2.75, 3.05) is 19.4 Å². The first-order valence-electron chi connectivity index (χ1n) is 10.5. The number of nitrogens with one attached hydrogen (secondary N) is 2. The summed E-state index contributed by atoms with van der Waals surface area (Å²) in [5, 5.41) is 31.5. The van der Waals surface area contributed by atoms with Crippen LogP contribution in [0.2, 0.25) is 0 Å². The first-order chi connectivity index (χ1) is 15.1. The van der Waals surface area contributed by atoms with Crippen LogP contribution < -0.4 is 5.32 Å². The standard InChI is InChI=1S/C21H26N8O2/c1-22-18-9-17-16(12-23-18)21(13-10-24-25-11-13)27-29(17)14-3-5-15(6-4-14)31-19-7-8-20(30)28(2)26-19/h7-12,14-15,20,30H,3-6H2,1-2H3,(H,22,23)(H,24,25). The Labute approximate surface area is 179 Å². The van der Waals surface area contributed by atoms with Gasteiger partial charge in [0, 0.05) is 49.6 Å². The van der Waals surface area contributed by atoms with Crippen LogP contribution in [-0.4, -0.2) is 67.4 Å². The molecule has 4 heterocycles. The highest BCUT2D eigenvalue weighted by molar-refractivity contribution is 5.93. The van der Waals surface area contributed by atoms with Crippen molar-refractivity contribution in [1.82, 2.24) is 30.0 Å². The van der Waals surface area contributed by atoms with Crippen LogP contribution >= 0.6 is 0 Å². The monoisotopic (exact) mass is 422 g/mol. The Morgan fingerprint density at radius 2 is 2.06 bits per heavy atom. The summed E-state index contributed by atoms with van der Waals surface area (Å²) in [7, 11) is 3.59. The first kappa shape index (κ1) is 19.6. The van der Waals surface area contributed by atoms with E-state index < -0.39 is 6.23 Å². The van der Waals surface area contributed by atoms with E-state index in [0.29, 0.717) is 5.90 Å². The SMILES string of the molecule is CNc1cc2c(cn1)c(-c1cn[nH]c1)nn2C1CCC(OC2=NN(C)C(O)C=C2)CC1. The smallest absolute Gasteiger partial charge is 0.230 e. The molecule has 31 heavy (non-hydrogen) atoms. The Morgan fingerprint density at radius 1 is 1.23 bits per heavy atom. The van der Waals surface area contributed by atoms with E-state index in [9.17, 15) is 5.11 Å². The number of aromatic nitrogens is 5. The van der Waals surface area contributed by atoms with E-state index in [1.807, 2.05) is 19.4 Å². The second-order valence-corrected chi connectivity index (χ2v) is 7.95. The molecular weight excluding hydrogens is 396 g/mol. The number of likely N-dealkylation sites (N-methyl/N-ethyl adjacent to an activating group) is 1. The van der Waals surface area contributed by atoms with E-state index in [1.54, 1.807) is 25.4 Å². The summed E-state index contributed by atoms with van der Waals surface area (Å²) in [6, 6.07) is 2.33. The van der Waals surface area contributed by atoms with E-state index in [1.165, 1.54) is 5.01 Å². The molecule has 1 aliphatic heterocycles. The predicted molar refractivity (Wildman–Crippen MR) is 117 cm³/mol. The molecule has 1 aliphatic carbocycles. The first-order valence-corrected chi connectivity index (χ1v) is 10.5. The molecule has 3 aromatic heterocycles. The maximum absolute atomic E-state index is 9.71. The summed E-state index contributed by atoms with van der Waals surface area (Å²) >= 11 is 0. The number of rotatable bonds is 4. The number of nitrogens with zero attached hydrogens (tertiary/aromatic N) is 6. The zero-order valence-corrected chi connectivity index (χ0v) is 17.6. The number of hydrazone groups is 1. The molecule has 10 heteroatoms. The van der Waals surface area contributed by atoms with Crippen LogP contribution in [0.1, 0.15) is 31.7 Å². The second-order valence-electron chi connectivity index (χ2n) is 7.95. The average molecular weight is 422 g/mol. The molecule has 0 amide bonds.